The van der Waals surface area contributed by atoms with Gasteiger partial charge >= 0.3 is 0 Å². The van der Waals surface area contributed by atoms with Crippen LogP contribution in [-0.2, 0) is 6.42 Å². The van der Waals surface area contributed by atoms with Gasteiger partial charge in [0.1, 0.15) is 5.82 Å². The fourth-order valence-corrected chi connectivity index (χ4v) is 2.62. The Balaban J connectivity index is 2.20. The molecule has 0 bridgehead atoms. The largest absolute Gasteiger partial charge is 0.349 e. The number of aromatic amines is 1. The first-order valence-electron chi connectivity index (χ1n) is 5.05. The van der Waals surface area contributed by atoms with E-state index in [2.05, 4.69) is 32.8 Å². The van der Waals surface area contributed by atoms with E-state index < -0.39 is 0 Å². The summed E-state index contributed by atoms with van der Waals surface area (Å²) < 4.78 is 0. The second-order valence-electron chi connectivity index (χ2n) is 3.71. The Kier molecular flexibility index (Phi) is 3.66. The number of rotatable bonds is 3. The maximum absolute atomic E-state index is 6.00. The van der Waals surface area contributed by atoms with Gasteiger partial charge < -0.3 is 4.98 Å². The number of imidazole rings is 1. The maximum Gasteiger partial charge on any atom is 0.107 e. The van der Waals surface area contributed by atoms with E-state index in [4.69, 9.17) is 11.6 Å². The second-order valence-corrected chi connectivity index (χ2v) is 5.25. The molecule has 1 heterocycles. The van der Waals surface area contributed by atoms with Gasteiger partial charge in [0.2, 0.25) is 0 Å². The molecule has 0 fully saturated rings. The molecule has 0 amide bonds. The number of nitrogens with zero attached hydrogens (tertiary/aromatic N) is 1. The molecule has 2 nitrogen and oxygen atoms in total. The number of benzene rings is 1. The molecule has 2 aromatic rings. The van der Waals surface area contributed by atoms with Gasteiger partial charge in [0, 0.05) is 28.7 Å². The average Bonchev–Trinajstić information content (AvgIpc) is 2.74. The molecule has 1 aromatic heterocycles. The van der Waals surface area contributed by atoms with Crippen LogP contribution in [0.1, 0.15) is 21.8 Å². The lowest BCUT2D eigenvalue weighted by molar-refractivity contribution is 0.870. The van der Waals surface area contributed by atoms with Crippen molar-refractivity contribution < 1.29 is 0 Å². The van der Waals surface area contributed by atoms with Crippen molar-refractivity contribution >= 4 is 27.5 Å². The van der Waals surface area contributed by atoms with E-state index in [0.717, 1.165) is 17.3 Å². The Morgan fingerprint density at radius 3 is 3.00 bits per heavy atom. The topological polar surface area (TPSA) is 28.7 Å². The van der Waals surface area contributed by atoms with Crippen molar-refractivity contribution in [3.63, 3.8) is 0 Å². The fraction of sp³-hybridized carbons (Fsp3) is 0.250. The third kappa shape index (κ3) is 2.66. The van der Waals surface area contributed by atoms with Gasteiger partial charge in [-0.25, -0.2) is 4.98 Å². The number of hydrogen-bond donors (Lipinski definition) is 1. The van der Waals surface area contributed by atoms with E-state index in [-0.39, 0.29) is 4.83 Å². The Hall–Kier alpha value is -0.800. The lowest BCUT2D eigenvalue weighted by atomic mass is 10.0. The summed E-state index contributed by atoms with van der Waals surface area (Å²) >= 11 is 9.67. The molecule has 1 atom stereocenters. The highest BCUT2D eigenvalue weighted by molar-refractivity contribution is 9.09. The number of aryl methyl sites for hydroxylation is 1. The third-order valence-corrected chi connectivity index (χ3v) is 3.56. The van der Waals surface area contributed by atoms with E-state index in [1.807, 2.05) is 24.4 Å². The van der Waals surface area contributed by atoms with Crippen LogP contribution in [0, 0.1) is 6.92 Å². The van der Waals surface area contributed by atoms with Gasteiger partial charge in [0.15, 0.2) is 0 Å². The molecule has 2 rings (SSSR count). The summed E-state index contributed by atoms with van der Waals surface area (Å²) in [6.45, 7) is 2.09. The smallest absolute Gasteiger partial charge is 0.107 e. The highest BCUT2D eigenvalue weighted by atomic mass is 79.9. The third-order valence-electron chi connectivity index (χ3n) is 2.51. The van der Waals surface area contributed by atoms with Crippen molar-refractivity contribution in [1.29, 1.82) is 0 Å². The van der Waals surface area contributed by atoms with E-state index >= 15 is 0 Å². The minimum absolute atomic E-state index is 0.234. The van der Waals surface area contributed by atoms with Crippen molar-refractivity contribution in [2.45, 2.75) is 18.2 Å². The average molecular weight is 300 g/mol. The highest BCUT2D eigenvalue weighted by Gasteiger charge is 2.12. The molecular weight excluding hydrogens is 288 g/mol. The normalized spacial score (nSPS) is 12.7. The minimum Gasteiger partial charge on any atom is -0.349 e. The predicted octanol–water partition coefficient (Wildman–Crippen LogP) is 4.05. The van der Waals surface area contributed by atoms with Crippen molar-refractivity contribution in [2.24, 2.45) is 0 Å². The van der Waals surface area contributed by atoms with E-state index in [0.29, 0.717) is 0 Å². The zero-order valence-corrected chi connectivity index (χ0v) is 11.2. The molecule has 0 aliphatic rings. The summed E-state index contributed by atoms with van der Waals surface area (Å²) in [6, 6.07) is 5.94. The van der Waals surface area contributed by atoms with Crippen LogP contribution < -0.4 is 0 Å². The zero-order valence-electron chi connectivity index (χ0n) is 8.87. The number of nitrogens with one attached hydrogen (secondary N) is 1. The summed E-state index contributed by atoms with van der Waals surface area (Å²) in [5.74, 6) is 0.973. The van der Waals surface area contributed by atoms with Gasteiger partial charge in [0.25, 0.3) is 0 Å². The van der Waals surface area contributed by atoms with Gasteiger partial charge in [-0.15, -0.1) is 0 Å². The van der Waals surface area contributed by atoms with Crippen LogP contribution in [0.5, 0.6) is 0 Å². The quantitative estimate of drug-likeness (QED) is 0.851. The summed E-state index contributed by atoms with van der Waals surface area (Å²) in [5, 5.41) is 0.768. The van der Waals surface area contributed by atoms with Gasteiger partial charge in [0.05, 0.1) is 0 Å². The standard InChI is InChI=1S/C12H12BrClN2/c1-8-2-3-9(14)6-10(8)11(13)7-12-15-4-5-16-12/h2-6,11H,7H2,1H3,(H,15,16). The van der Waals surface area contributed by atoms with Crippen LogP contribution in [0.15, 0.2) is 30.6 Å². The number of H-pyrrole nitrogens is 1. The van der Waals surface area contributed by atoms with Gasteiger partial charge in [-0.2, -0.15) is 0 Å². The van der Waals surface area contributed by atoms with Crippen LogP contribution in [0.4, 0.5) is 0 Å². The first-order valence-corrected chi connectivity index (χ1v) is 6.34. The van der Waals surface area contributed by atoms with Crippen molar-refractivity contribution in [2.75, 3.05) is 0 Å². The van der Waals surface area contributed by atoms with Crippen molar-refractivity contribution in [3.8, 4) is 0 Å². The zero-order chi connectivity index (χ0) is 11.5. The summed E-state index contributed by atoms with van der Waals surface area (Å²) in [4.78, 5) is 7.55. The number of hydrogen-bond acceptors (Lipinski definition) is 1. The first-order chi connectivity index (χ1) is 7.66. The van der Waals surface area contributed by atoms with Gasteiger partial charge in [-0.05, 0) is 30.2 Å². The SMILES string of the molecule is Cc1ccc(Cl)cc1C(Br)Cc1ncc[nH]1. The Morgan fingerprint density at radius 2 is 2.31 bits per heavy atom. The minimum atomic E-state index is 0.234. The predicted molar refractivity (Wildman–Crippen MR) is 70.1 cm³/mol. The van der Waals surface area contributed by atoms with Crippen LogP contribution in [0.3, 0.4) is 0 Å². The maximum atomic E-state index is 6.00. The van der Waals surface area contributed by atoms with Crippen LogP contribution in [0.25, 0.3) is 0 Å². The Morgan fingerprint density at radius 1 is 1.50 bits per heavy atom. The Bertz CT molecular complexity index is 468. The summed E-state index contributed by atoms with van der Waals surface area (Å²) in [5.41, 5.74) is 2.45. The lowest BCUT2D eigenvalue weighted by Gasteiger charge is -2.12. The first kappa shape index (κ1) is 11.7. The molecule has 16 heavy (non-hydrogen) atoms. The molecule has 4 heteroatoms. The molecular formula is C12H12BrClN2. The van der Waals surface area contributed by atoms with Gasteiger partial charge in [-0.1, -0.05) is 33.6 Å². The molecule has 1 N–H and O–H groups in total. The van der Waals surface area contributed by atoms with Gasteiger partial charge in [-0.3, -0.25) is 0 Å². The summed E-state index contributed by atoms with van der Waals surface area (Å²) in [6.07, 6.45) is 4.42. The second kappa shape index (κ2) is 5.02. The van der Waals surface area contributed by atoms with Crippen LogP contribution in [-0.4, -0.2) is 9.97 Å². The molecule has 0 saturated carbocycles. The molecule has 1 unspecified atom stereocenters. The molecule has 84 valence electrons. The van der Waals surface area contributed by atoms with E-state index in [1.165, 1.54) is 11.1 Å². The highest BCUT2D eigenvalue weighted by Crippen LogP contribution is 2.30. The monoisotopic (exact) mass is 298 g/mol. The summed E-state index contributed by atoms with van der Waals surface area (Å²) in [7, 11) is 0. The Labute approximate surface area is 108 Å². The number of aromatic nitrogens is 2. The molecule has 1 aromatic carbocycles. The van der Waals surface area contributed by atoms with E-state index in [9.17, 15) is 0 Å². The van der Waals surface area contributed by atoms with Crippen LogP contribution in [0.2, 0.25) is 5.02 Å². The molecule has 0 saturated heterocycles. The fourth-order valence-electron chi connectivity index (χ4n) is 1.64. The number of alkyl halides is 1. The molecule has 0 aliphatic carbocycles. The van der Waals surface area contributed by atoms with Crippen LogP contribution >= 0.6 is 27.5 Å². The van der Waals surface area contributed by atoms with Crippen molar-refractivity contribution in [1.82, 2.24) is 9.97 Å². The van der Waals surface area contributed by atoms with Crippen molar-refractivity contribution in [3.05, 3.63) is 52.6 Å². The van der Waals surface area contributed by atoms with E-state index in [1.54, 1.807) is 6.20 Å². The number of halogens is 2. The molecule has 0 radical (unpaired) electrons. The molecule has 0 spiro atoms. The molecule has 0 aliphatic heterocycles. The lowest BCUT2D eigenvalue weighted by Crippen LogP contribution is -1.99.